The van der Waals surface area contributed by atoms with Crippen molar-refractivity contribution in [2.24, 2.45) is 11.8 Å². The molecule has 0 radical (unpaired) electrons. The van der Waals surface area contributed by atoms with Crippen molar-refractivity contribution >= 4 is 27.8 Å². The lowest BCUT2D eigenvalue weighted by Gasteiger charge is -2.37. The van der Waals surface area contributed by atoms with Crippen LogP contribution in [0.25, 0.3) is 0 Å². The molecule has 24 heavy (non-hydrogen) atoms. The maximum absolute atomic E-state index is 13.3. The first-order valence-electron chi connectivity index (χ1n) is 8.42. The molecule has 6 heteroatoms. The Morgan fingerprint density at radius 1 is 1.17 bits per heavy atom. The Morgan fingerprint density at radius 2 is 1.88 bits per heavy atom. The number of carboxylic acids is 1. The van der Waals surface area contributed by atoms with Gasteiger partial charge in [-0.2, -0.15) is 0 Å². The summed E-state index contributed by atoms with van der Waals surface area (Å²) in [7, 11) is 0. The molecule has 2 fully saturated rings. The second-order valence-corrected chi connectivity index (χ2v) is 7.80. The van der Waals surface area contributed by atoms with Gasteiger partial charge >= 0.3 is 5.97 Å². The Bertz CT molecular complexity index is 645. The maximum Gasteiger partial charge on any atom is 0.306 e. The summed E-state index contributed by atoms with van der Waals surface area (Å²) in [5.74, 6) is -1.31. The molecule has 2 N–H and O–H groups in total. The molecule has 1 aromatic carbocycles. The monoisotopic (exact) mass is 397 g/mol. The topological polar surface area (TPSA) is 66.4 Å². The Balaban J connectivity index is 1.49. The molecule has 1 amide bonds. The number of hydrogen-bond donors (Lipinski definition) is 2. The average molecular weight is 398 g/mol. The minimum absolute atomic E-state index is 0.00955. The summed E-state index contributed by atoms with van der Waals surface area (Å²) in [4.78, 5) is 23.5. The smallest absolute Gasteiger partial charge is 0.306 e. The second kappa shape index (κ2) is 7.21. The Kier molecular flexibility index (Phi) is 5.23. The van der Waals surface area contributed by atoms with E-state index in [4.69, 9.17) is 5.11 Å². The predicted molar refractivity (Wildman–Crippen MR) is 91.1 cm³/mol. The summed E-state index contributed by atoms with van der Waals surface area (Å²) in [6.07, 6.45) is 4.38. The molecule has 0 bridgehead atoms. The van der Waals surface area contributed by atoms with Crippen LogP contribution in [-0.2, 0) is 9.59 Å². The van der Waals surface area contributed by atoms with Gasteiger partial charge in [0.15, 0.2) is 0 Å². The highest BCUT2D eigenvalue weighted by Crippen LogP contribution is 2.38. The van der Waals surface area contributed by atoms with Crippen LogP contribution in [0.3, 0.4) is 0 Å². The number of rotatable bonds is 4. The third kappa shape index (κ3) is 3.79. The number of hydrogen-bond acceptors (Lipinski definition) is 2. The van der Waals surface area contributed by atoms with Crippen LogP contribution in [0.15, 0.2) is 22.7 Å². The van der Waals surface area contributed by atoms with Crippen molar-refractivity contribution in [2.45, 2.75) is 50.5 Å². The molecule has 2 unspecified atom stereocenters. The summed E-state index contributed by atoms with van der Waals surface area (Å²) in [5, 5.41) is 12.2. The molecule has 1 aromatic rings. The lowest BCUT2D eigenvalue weighted by atomic mass is 9.75. The molecule has 0 heterocycles. The van der Waals surface area contributed by atoms with Gasteiger partial charge in [0.05, 0.1) is 10.4 Å². The molecule has 2 saturated carbocycles. The van der Waals surface area contributed by atoms with Gasteiger partial charge < -0.3 is 10.4 Å². The molecule has 0 saturated heterocycles. The summed E-state index contributed by atoms with van der Waals surface area (Å²) < 4.78 is 13.7. The summed E-state index contributed by atoms with van der Waals surface area (Å²) >= 11 is 3.20. The van der Waals surface area contributed by atoms with Crippen molar-refractivity contribution in [3.05, 3.63) is 34.1 Å². The van der Waals surface area contributed by atoms with Crippen LogP contribution in [0.5, 0.6) is 0 Å². The first-order valence-corrected chi connectivity index (χ1v) is 9.21. The molecule has 0 aliphatic heterocycles. The van der Waals surface area contributed by atoms with Crippen molar-refractivity contribution in [1.29, 1.82) is 0 Å². The minimum Gasteiger partial charge on any atom is -0.481 e. The number of carboxylic acid groups (broad SMARTS) is 1. The zero-order valence-electron chi connectivity index (χ0n) is 13.3. The van der Waals surface area contributed by atoms with Crippen LogP contribution in [0, 0.1) is 17.7 Å². The van der Waals surface area contributed by atoms with Crippen LogP contribution >= 0.6 is 15.9 Å². The average Bonchev–Trinajstić information content (AvgIpc) is 2.53. The van der Waals surface area contributed by atoms with Gasteiger partial charge in [-0.15, -0.1) is 0 Å². The zero-order chi connectivity index (χ0) is 17.3. The van der Waals surface area contributed by atoms with Crippen molar-refractivity contribution < 1.29 is 19.1 Å². The number of halogens is 2. The molecule has 3 rings (SSSR count). The maximum atomic E-state index is 13.3. The fraction of sp³-hybridized carbons (Fsp3) is 0.556. The molecule has 130 valence electrons. The second-order valence-electron chi connectivity index (χ2n) is 6.95. The van der Waals surface area contributed by atoms with E-state index in [0.717, 1.165) is 31.2 Å². The van der Waals surface area contributed by atoms with Crippen LogP contribution in [-0.4, -0.2) is 23.0 Å². The number of carbonyl (C=O) groups excluding carboxylic acids is 1. The van der Waals surface area contributed by atoms with E-state index in [1.165, 1.54) is 6.07 Å². The molecule has 2 aliphatic rings. The fourth-order valence-electron chi connectivity index (χ4n) is 3.75. The van der Waals surface area contributed by atoms with E-state index in [9.17, 15) is 14.0 Å². The molecular formula is C18H21BrFNO3. The number of aliphatic carboxylic acids is 1. The lowest BCUT2D eigenvalue weighted by molar-refractivity contribution is -0.144. The zero-order valence-corrected chi connectivity index (χ0v) is 14.9. The number of nitrogens with one attached hydrogen (secondary N) is 1. The van der Waals surface area contributed by atoms with Gasteiger partial charge in [-0.3, -0.25) is 9.59 Å². The van der Waals surface area contributed by atoms with Crippen molar-refractivity contribution in [2.75, 3.05) is 0 Å². The number of benzene rings is 1. The van der Waals surface area contributed by atoms with Crippen molar-refractivity contribution in [3.8, 4) is 0 Å². The van der Waals surface area contributed by atoms with E-state index >= 15 is 0 Å². The van der Waals surface area contributed by atoms with E-state index < -0.39 is 5.97 Å². The van der Waals surface area contributed by atoms with Crippen molar-refractivity contribution in [1.82, 2.24) is 5.32 Å². The van der Waals surface area contributed by atoms with E-state index in [1.54, 1.807) is 12.1 Å². The quantitative estimate of drug-likeness (QED) is 0.810. The molecule has 2 aliphatic carbocycles. The molecule has 0 aromatic heterocycles. The third-order valence-electron chi connectivity index (χ3n) is 5.29. The van der Waals surface area contributed by atoms with E-state index in [0.29, 0.717) is 23.2 Å². The summed E-state index contributed by atoms with van der Waals surface area (Å²) in [5.41, 5.74) is 1.08. The molecule has 4 nitrogen and oxygen atoms in total. The first kappa shape index (κ1) is 17.4. The van der Waals surface area contributed by atoms with Gasteiger partial charge in [-0.05, 0) is 71.6 Å². The highest BCUT2D eigenvalue weighted by molar-refractivity contribution is 9.10. The van der Waals surface area contributed by atoms with Gasteiger partial charge in [-0.25, -0.2) is 4.39 Å². The fourth-order valence-corrected chi connectivity index (χ4v) is 4.14. The van der Waals surface area contributed by atoms with E-state index in [-0.39, 0.29) is 29.6 Å². The molecule has 2 atom stereocenters. The van der Waals surface area contributed by atoms with Gasteiger partial charge in [-0.1, -0.05) is 12.5 Å². The van der Waals surface area contributed by atoms with E-state index in [1.807, 2.05) is 0 Å². The minimum atomic E-state index is -0.793. The van der Waals surface area contributed by atoms with Gasteiger partial charge in [0, 0.05) is 12.0 Å². The number of carbonyl (C=O) groups is 2. The van der Waals surface area contributed by atoms with Crippen LogP contribution in [0.4, 0.5) is 4.39 Å². The van der Waals surface area contributed by atoms with Crippen LogP contribution < -0.4 is 5.32 Å². The standard InChI is InChI=1S/C18H21BrFNO3/c19-15-9-10(4-5-16(15)20)13-7-14(8-13)21-17(22)11-2-1-3-12(6-11)18(23)24/h4-5,9,11-14H,1-3,6-8H2,(H,21,22)(H,23,24). The molecular weight excluding hydrogens is 377 g/mol. The normalized spacial score (nSPS) is 29.6. The highest BCUT2D eigenvalue weighted by atomic mass is 79.9. The largest absolute Gasteiger partial charge is 0.481 e. The first-order chi connectivity index (χ1) is 11.4. The van der Waals surface area contributed by atoms with Gasteiger partial charge in [0.25, 0.3) is 0 Å². The summed E-state index contributed by atoms with van der Waals surface area (Å²) in [6.45, 7) is 0. The highest BCUT2D eigenvalue weighted by Gasteiger charge is 2.35. The summed E-state index contributed by atoms with van der Waals surface area (Å²) in [6, 6.07) is 5.19. The van der Waals surface area contributed by atoms with Crippen LogP contribution in [0.1, 0.15) is 50.0 Å². The van der Waals surface area contributed by atoms with Gasteiger partial charge in [0.2, 0.25) is 5.91 Å². The Labute approximate surface area is 148 Å². The Hall–Kier alpha value is -1.43. The van der Waals surface area contributed by atoms with Crippen LogP contribution in [0.2, 0.25) is 0 Å². The predicted octanol–water partition coefficient (Wildman–Crippen LogP) is 3.84. The lowest BCUT2D eigenvalue weighted by Crippen LogP contribution is -2.46. The van der Waals surface area contributed by atoms with Gasteiger partial charge in [0.1, 0.15) is 5.82 Å². The third-order valence-corrected chi connectivity index (χ3v) is 5.90. The van der Waals surface area contributed by atoms with Crippen molar-refractivity contribution in [3.63, 3.8) is 0 Å². The number of amides is 1. The van der Waals surface area contributed by atoms with E-state index in [2.05, 4.69) is 21.2 Å². The SMILES string of the molecule is O=C(O)C1CCCC(C(=O)NC2CC(c3ccc(F)c(Br)c3)C2)C1. The molecule has 0 spiro atoms. The Morgan fingerprint density at radius 3 is 2.54 bits per heavy atom.